The molecular weight excluding hydrogens is 461 g/mol. The van der Waals surface area contributed by atoms with Gasteiger partial charge in [-0.3, -0.25) is 4.99 Å². The molecule has 0 amide bonds. The topological polar surface area (TPSA) is 83.7 Å². The average Bonchev–Trinajstić information content (AvgIpc) is 2.98. The quantitative estimate of drug-likeness (QED) is 0.227. The molecule has 1 unspecified atom stereocenters. The summed E-state index contributed by atoms with van der Waals surface area (Å²) in [6.07, 6.45) is 6.29. The first-order chi connectivity index (χ1) is 10.9. The van der Waals surface area contributed by atoms with Crippen molar-refractivity contribution in [3.8, 4) is 0 Å². The van der Waals surface area contributed by atoms with Crippen molar-refractivity contribution in [3.63, 3.8) is 0 Å². The van der Waals surface area contributed by atoms with Crippen LogP contribution in [-0.2, 0) is 16.3 Å². The van der Waals surface area contributed by atoms with Crippen LogP contribution in [0.3, 0.4) is 0 Å². The smallest absolute Gasteiger partial charge is 0.191 e. The second kappa shape index (κ2) is 12.9. The summed E-state index contributed by atoms with van der Waals surface area (Å²) in [6.45, 7) is 3.39. The molecule has 0 spiro atoms. The third-order valence-electron chi connectivity index (χ3n) is 3.11. The molecule has 0 aromatic carbocycles. The first-order valence-electron chi connectivity index (χ1n) is 7.64. The maximum Gasteiger partial charge on any atom is 0.191 e. The van der Waals surface area contributed by atoms with E-state index in [9.17, 15) is 8.42 Å². The molecule has 0 aliphatic rings. The number of halogens is 1. The van der Waals surface area contributed by atoms with Crippen LogP contribution < -0.4 is 10.6 Å². The Kier molecular flexibility index (Phi) is 12.6. The van der Waals surface area contributed by atoms with E-state index in [1.54, 1.807) is 18.0 Å². The lowest BCUT2D eigenvalue weighted by atomic mass is 10.2. The van der Waals surface area contributed by atoms with Gasteiger partial charge in [-0.2, -0.15) is 11.8 Å². The van der Waals surface area contributed by atoms with E-state index in [0.717, 1.165) is 24.5 Å². The Hall–Kier alpha value is -0.420. The highest BCUT2D eigenvalue weighted by molar-refractivity contribution is 14.0. The molecular formula is C15H28IN3O3S2. The van der Waals surface area contributed by atoms with Crippen LogP contribution >= 0.6 is 35.7 Å². The molecule has 1 aromatic rings. The minimum absolute atomic E-state index is 0. The van der Waals surface area contributed by atoms with Crippen LogP contribution in [0.1, 0.15) is 19.1 Å². The summed E-state index contributed by atoms with van der Waals surface area (Å²) in [5.74, 6) is 2.76. The molecule has 0 saturated carbocycles. The number of hydrogen-bond donors (Lipinski definition) is 2. The number of sulfone groups is 1. The van der Waals surface area contributed by atoms with E-state index in [4.69, 9.17) is 4.42 Å². The van der Waals surface area contributed by atoms with Gasteiger partial charge in [-0.1, -0.05) is 0 Å². The van der Waals surface area contributed by atoms with Crippen molar-refractivity contribution in [3.05, 3.63) is 24.2 Å². The fourth-order valence-corrected chi connectivity index (χ4v) is 2.91. The second-order valence-electron chi connectivity index (χ2n) is 5.44. The maximum atomic E-state index is 11.2. The van der Waals surface area contributed by atoms with E-state index in [1.165, 1.54) is 6.26 Å². The number of nitrogens with zero attached hydrogens (tertiary/aromatic N) is 1. The minimum atomic E-state index is -2.94. The molecule has 140 valence electrons. The van der Waals surface area contributed by atoms with Crippen molar-refractivity contribution < 1.29 is 12.8 Å². The van der Waals surface area contributed by atoms with E-state index >= 15 is 0 Å². The summed E-state index contributed by atoms with van der Waals surface area (Å²) in [6, 6.07) is 3.84. The number of furan rings is 1. The normalized spacial score (nSPS) is 13.2. The van der Waals surface area contributed by atoms with Crippen molar-refractivity contribution in [2.24, 2.45) is 4.99 Å². The number of aliphatic imine (C=N–C) groups is 1. The van der Waals surface area contributed by atoms with Crippen molar-refractivity contribution in [2.75, 3.05) is 37.1 Å². The number of thioether (sulfide) groups is 1. The summed E-state index contributed by atoms with van der Waals surface area (Å²) >= 11 is 1.74. The molecule has 0 bridgehead atoms. The zero-order valence-corrected chi connectivity index (χ0v) is 18.4. The lowest BCUT2D eigenvalue weighted by Gasteiger charge is -2.18. The molecule has 1 aromatic heterocycles. The van der Waals surface area contributed by atoms with Gasteiger partial charge in [-0.25, -0.2) is 8.42 Å². The van der Waals surface area contributed by atoms with Crippen LogP contribution in [0.4, 0.5) is 0 Å². The number of hydrogen-bond acceptors (Lipinski definition) is 5. The third-order valence-corrected chi connectivity index (χ3v) is 4.68. The van der Waals surface area contributed by atoms with Gasteiger partial charge in [0.15, 0.2) is 5.96 Å². The predicted octanol–water partition coefficient (Wildman–Crippen LogP) is 2.16. The van der Waals surface area contributed by atoms with Gasteiger partial charge in [0.05, 0.1) is 18.6 Å². The van der Waals surface area contributed by atoms with E-state index in [0.29, 0.717) is 18.9 Å². The zero-order valence-electron chi connectivity index (χ0n) is 14.4. The van der Waals surface area contributed by atoms with Crippen LogP contribution in [0.5, 0.6) is 0 Å². The Bertz CT molecular complexity index is 563. The zero-order chi connectivity index (χ0) is 17.1. The monoisotopic (exact) mass is 489 g/mol. The van der Waals surface area contributed by atoms with Gasteiger partial charge in [0.1, 0.15) is 15.6 Å². The maximum absolute atomic E-state index is 11.2. The Balaban J connectivity index is 0.00000529. The van der Waals surface area contributed by atoms with Gasteiger partial charge in [0.2, 0.25) is 0 Å². The standard InChI is InChI=1S/C15H27N3O3S2.HI/c1-13(7-12-23(3,19)20)18-15(17-9-11-22-2)16-8-6-14-5-4-10-21-14;/h4-5,10,13H,6-9,11-12H2,1-3H3,(H2,16,17,18);1H. The second-order valence-corrected chi connectivity index (χ2v) is 8.69. The minimum Gasteiger partial charge on any atom is -0.469 e. The SMILES string of the molecule is CSCCN=C(NCCc1ccco1)NC(C)CCS(C)(=O)=O.I. The van der Waals surface area contributed by atoms with E-state index in [1.807, 2.05) is 25.3 Å². The van der Waals surface area contributed by atoms with Crippen molar-refractivity contribution in [1.29, 1.82) is 0 Å². The summed E-state index contributed by atoms with van der Waals surface area (Å²) in [5, 5.41) is 6.53. The number of guanidine groups is 1. The Morgan fingerprint density at radius 3 is 2.79 bits per heavy atom. The van der Waals surface area contributed by atoms with Crippen molar-refractivity contribution >= 4 is 51.5 Å². The van der Waals surface area contributed by atoms with Crippen LogP contribution in [0.2, 0.25) is 0 Å². The third kappa shape index (κ3) is 12.0. The fraction of sp³-hybridized carbons (Fsp3) is 0.667. The molecule has 1 atom stereocenters. The summed E-state index contributed by atoms with van der Waals surface area (Å²) < 4.78 is 27.8. The van der Waals surface area contributed by atoms with Gasteiger partial charge in [0, 0.05) is 31.0 Å². The van der Waals surface area contributed by atoms with E-state index in [-0.39, 0.29) is 35.8 Å². The Morgan fingerprint density at radius 2 is 2.21 bits per heavy atom. The summed E-state index contributed by atoms with van der Waals surface area (Å²) in [4.78, 5) is 4.51. The first kappa shape index (κ1) is 23.6. The molecule has 24 heavy (non-hydrogen) atoms. The van der Waals surface area contributed by atoms with Gasteiger partial charge < -0.3 is 15.1 Å². The lowest BCUT2D eigenvalue weighted by Crippen LogP contribution is -2.43. The van der Waals surface area contributed by atoms with Crippen molar-refractivity contribution in [1.82, 2.24) is 10.6 Å². The largest absolute Gasteiger partial charge is 0.469 e. The number of rotatable bonds is 10. The molecule has 0 aliphatic heterocycles. The molecule has 9 heteroatoms. The van der Waals surface area contributed by atoms with Crippen LogP contribution in [0.15, 0.2) is 27.8 Å². The summed E-state index contributed by atoms with van der Waals surface area (Å²) in [7, 11) is -2.94. The Labute approximate surface area is 166 Å². The molecule has 0 radical (unpaired) electrons. The molecule has 2 N–H and O–H groups in total. The van der Waals surface area contributed by atoms with Gasteiger partial charge >= 0.3 is 0 Å². The Morgan fingerprint density at radius 1 is 1.46 bits per heavy atom. The molecule has 1 rings (SSSR count). The molecule has 6 nitrogen and oxygen atoms in total. The predicted molar refractivity (Wildman–Crippen MR) is 113 cm³/mol. The molecule has 0 aliphatic carbocycles. The lowest BCUT2D eigenvalue weighted by molar-refractivity contribution is 0.506. The molecule has 0 saturated heterocycles. The van der Waals surface area contributed by atoms with Crippen LogP contribution in [0, 0.1) is 0 Å². The molecule has 0 fully saturated rings. The van der Waals surface area contributed by atoms with Crippen molar-refractivity contribution in [2.45, 2.75) is 25.8 Å². The van der Waals surface area contributed by atoms with Crippen LogP contribution in [0.25, 0.3) is 0 Å². The fourth-order valence-electron chi connectivity index (χ4n) is 1.86. The molecule has 1 heterocycles. The highest BCUT2D eigenvalue weighted by atomic mass is 127. The van der Waals surface area contributed by atoms with E-state index in [2.05, 4.69) is 15.6 Å². The first-order valence-corrected chi connectivity index (χ1v) is 11.1. The van der Waals surface area contributed by atoms with E-state index < -0.39 is 9.84 Å². The number of nitrogens with one attached hydrogen (secondary N) is 2. The van der Waals surface area contributed by atoms with Gasteiger partial charge in [-0.15, -0.1) is 24.0 Å². The average molecular weight is 489 g/mol. The van der Waals surface area contributed by atoms with Gasteiger partial charge in [-0.05, 0) is 31.7 Å². The summed E-state index contributed by atoms with van der Waals surface area (Å²) in [5.41, 5.74) is 0. The van der Waals surface area contributed by atoms with Crippen LogP contribution in [-0.4, -0.2) is 57.5 Å². The highest BCUT2D eigenvalue weighted by Gasteiger charge is 2.09. The van der Waals surface area contributed by atoms with Gasteiger partial charge in [0.25, 0.3) is 0 Å². The highest BCUT2D eigenvalue weighted by Crippen LogP contribution is 2.00.